The van der Waals surface area contributed by atoms with Gasteiger partial charge in [0, 0.05) is 18.8 Å². The Balaban J connectivity index is 1.49. The van der Waals surface area contributed by atoms with Gasteiger partial charge in [-0.15, -0.1) is 10.2 Å². The van der Waals surface area contributed by atoms with Crippen LogP contribution >= 0.6 is 34.9 Å². The number of carbonyl (C=O) groups excluding carboxylic acids is 1. The van der Waals surface area contributed by atoms with Gasteiger partial charge in [0.05, 0.1) is 12.4 Å². The van der Waals surface area contributed by atoms with Crippen LogP contribution in [-0.2, 0) is 10.5 Å². The third-order valence-corrected chi connectivity index (χ3v) is 7.50. The number of carbonyl (C=O) groups is 1. The molecule has 1 aliphatic heterocycles. The highest BCUT2D eigenvalue weighted by atomic mass is 32.2. The van der Waals surface area contributed by atoms with Crippen molar-refractivity contribution in [2.24, 2.45) is 0 Å². The maximum atomic E-state index is 12.5. The first kappa shape index (κ1) is 19.5. The van der Waals surface area contributed by atoms with Crippen LogP contribution in [-0.4, -0.2) is 46.5 Å². The molecule has 1 fully saturated rings. The highest BCUT2D eigenvalue weighted by molar-refractivity contribution is 8.03. The molecule has 0 radical (unpaired) electrons. The van der Waals surface area contributed by atoms with E-state index in [9.17, 15) is 4.79 Å². The molecule has 1 aliphatic rings. The smallest absolute Gasteiger partial charge is 0.235 e. The van der Waals surface area contributed by atoms with E-state index in [4.69, 9.17) is 4.74 Å². The third-order valence-electron chi connectivity index (χ3n) is 4.20. The van der Waals surface area contributed by atoms with Crippen molar-refractivity contribution in [1.29, 1.82) is 0 Å². The predicted molar refractivity (Wildman–Crippen MR) is 108 cm³/mol. The van der Waals surface area contributed by atoms with Crippen molar-refractivity contribution in [2.75, 3.05) is 20.2 Å². The second kappa shape index (κ2) is 9.62. The maximum Gasteiger partial charge on any atom is 0.235 e. The minimum absolute atomic E-state index is 0.111. The number of piperidine rings is 1. The van der Waals surface area contributed by atoms with Crippen molar-refractivity contribution in [3.63, 3.8) is 0 Å². The molecule has 1 amide bonds. The lowest BCUT2D eigenvalue weighted by Gasteiger charge is -2.28. The van der Waals surface area contributed by atoms with E-state index in [1.807, 2.05) is 24.0 Å². The molecule has 5 nitrogen and oxygen atoms in total. The predicted octanol–water partition coefficient (Wildman–Crippen LogP) is 4.33. The molecule has 0 saturated carbocycles. The Bertz CT molecular complexity index is 715. The molecule has 2 aromatic rings. The maximum absolute atomic E-state index is 12.5. The van der Waals surface area contributed by atoms with E-state index in [0.717, 1.165) is 46.1 Å². The van der Waals surface area contributed by atoms with E-state index >= 15 is 0 Å². The van der Waals surface area contributed by atoms with E-state index in [0.29, 0.717) is 0 Å². The Morgan fingerprint density at radius 1 is 1.19 bits per heavy atom. The number of methoxy groups -OCH3 is 1. The van der Waals surface area contributed by atoms with Crippen molar-refractivity contribution in [3.8, 4) is 5.75 Å². The first-order chi connectivity index (χ1) is 12.7. The number of likely N-dealkylation sites (tertiary alicyclic amines) is 1. The Morgan fingerprint density at radius 3 is 2.58 bits per heavy atom. The van der Waals surface area contributed by atoms with Gasteiger partial charge in [-0.05, 0) is 43.9 Å². The van der Waals surface area contributed by atoms with Crippen molar-refractivity contribution in [2.45, 2.75) is 45.9 Å². The summed E-state index contributed by atoms with van der Waals surface area (Å²) in [5, 5.41) is 8.38. The van der Waals surface area contributed by atoms with Gasteiger partial charge in [-0.1, -0.05) is 47.0 Å². The van der Waals surface area contributed by atoms with Crippen LogP contribution in [0.2, 0.25) is 0 Å². The number of rotatable bonds is 7. The zero-order chi connectivity index (χ0) is 18.4. The summed E-state index contributed by atoms with van der Waals surface area (Å²) in [6, 6.07) is 8.04. The summed E-state index contributed by atoms with van der Waals surface area (Å²) in [5.41, 5.74) is 1.22. The van der Waals surface area contributed by atoms with Crippen LogP contribution in [0.4, 0.5) is 0 Å². The van der Waals surface area contributed by atoms with Crippen molar-refractivity contribution in [3.05, 3.63) is 29.8 Å². The summed E-state index contributed by atoms with van der Waals surface area (Å²) in [5.74, 6) is 1.92. The number of nitrogens with zero attached hydrogens (tertiary/aromatic N) is 3. The number of hydrogen-bond donors (Lipinski definition) is 0. The van der Waals surface area contributed by atoms with Crippen molar-refractivity contribution in [1.82, 2.24) is 15.1 Å². The molecule has 0 aliphatic carbocycles. The summed E-state index contributed by atoms with van der Waals surface area (Å²) in [6.45, 7) is 3.75. The normalized spacial score (nSPS) is 15.7. The minimum Gasteiger partial charge on any atom is -0.497 e. The average molecular weight is 410 g/mol. The quantitative estimate of drug-likeness (QED) is 0.635. The molecule has 26 heavy (non-hydrogen) atoms. The van der Waals surface area contributed by atoms with Crippen LogP contribution in [0.25, 0.3) is 0 Å². The average Bonchev–Trinajstić information content (AvgIpc) is 3.14. The molecule has 1 atom stereocenters. The number of benzene rings is 1. The van der Waals surface area contributed by atoms with Gasteiger partial charge in [0.15, 0.2) is 8.68 Å². The molecular formula is C18H23N3O2S3. The molecule has 1 aromatic carbocycles. The van der Waals surface area contributed by atoms with Crippen LogP contribution in [0, 0.1) is 0 Å². The van der Waals surface area contributed by atoms with Crippen LogP contribution in [0.15, 0.2) is 32.9 Å². The van der Waals surface area contributed by atoms with Crippen molar-refractivity contribution < 1.29 is 9.53 Å². The van der Waals surface area contributed by atoms with Crippen LogP contribution in [0.1, 0.15) is 31.7 Å². The lowest BCUT2D eigenvalue weighted by Crippen LogP contribution is -2.40. The first-order valence-electron chi connectivity index (χ1n) is 8.70. The van der Waals surface area contributed by atoms with Gasteiger partial charge in [0.25, 0.3) is 0 Å². The number of ether oxygens (including phenoxy) is 1. The Morgan fingerprint density at radius 2 is 1.88 bits per heavy atom. The fraction of sp³-hybridized carbons (Fsp3) is 0.500. The molecule has 0 N–H and O–H groups in total. The number of thioether (sulfide) groups is 2. The minimum atomic E-state index is -0.111. The van der Waals surface area contributed by atoms with Gasteiger partial charge >= 0.3 is 0 Å². The molecule has 8 heteroatoms. The van der Waals surface area contributed by atoms with Crippen LogP contribution in [0.5, 0.6) is 5.75 Å². The Kier molecular flexibility index (Phi) is 7.22. The molecule has 0 spiro atoms. The SMILES string of the molecule is COc1ccc(CSc2nnc(S[C@@H](C)C(=O)N3CCCCC3)s2)cc1. The molecule has 1 aromatic heterocycles. The standard InChI is InChI=1S/C18H23N3O2S3/c1-13(16(22)21-10-4-3-5-11-21)25-18-20-19-17(26-18)24-12-14-6-8-15(23-2)9-7-14/h6-9,13H,3-5,10-12H2,1-2H3/t13-/m0/s1. The number of hydrogen-bond acceptors (Lipinski definition) is 7. The second-order valence-corrected chi connectivity index (χ2v) is 9.90. The van der Waals surface area contributed by atoms with Gasteiger partial charge in [-0.2, -0.15) is 0 Å². The van der Waals surface area contributed by atoms with Gasteiger partial charge < -0.3 is 9.64 Å². The van der Waals surface area contributed by atoms with Gasteiger partial charge in [0.2, 0.25) is 5.91 Å². The summed E-state index contributed by atoms with van der Waals surface area (Å²) in [4.78, 5) is 14.5. The topological polar surface area (TPSA) is 55.3 Å². The molecule has 1 saturated heterocycles. The second-order valence-electron chi connectivity index (χ2n) is 6.12. The lowest BCUT2D eigenvalue weighted by atomic mass is 10.1. The lowest BCUT2D eigenvalue weighted by molar-refractivity contribution is -0.131. The molecule has 2 heterocycles. The first-order valence-corrected chi connectivity index (χ1v) is 11.4. The highest BCUT2D eigenvalue weighted by Gasteiger charge is 2.24. The molecule has 0 unspecified atom stereocenters. The highest BCUT2D eigenvalue weighted by Crippen LogP contribution is 2.33. The van der Waals surface area contributed by atoms with E-state index in [-0.39, 0.29) is 11.2 Å². The molecule has 3 rings (SSSR count). The number of amides is 1. The van der Waals surface area contributed by atoms with Gasteiger partial charge in [-0.3, -0.25) is 4.79 Å². The molecule has 140 valence electrons. The zero-order valence-corrected chi connectivity index (χ0v) is 17.5. The molecular weight excluding hydrogens is 386 g/mol. The van der Waals surface area contributed by atoms with Crippen LogP contribution < -0.4 is 4.74 Å². The van der Waals surface area contributed by atoms with E-state index in [2.05, 4.69) is 22.3 Å². The summed E-state index contributed by atoms with van der Waals surface area (Å²) in [6.07, 6.45) is 3.47. The van der Waals surface area contributed by atoms with Crippen molar-refractivity contribution >= 4 is 40.8 Å². The summed E-state index contributed by atoms with van der Waals surface area (Å²) < 4.78 is 6.97. The Hall–Kier alpha value is -1.25. The van der Waals surface area contributed by atoms with Crippen LogP contribution in [0.3, 0.4) is 0 Å². The van der Waals surface area contributed by atoms with Gasteiger partial charge in [0.1, 0.15) is 5.75 Å². The summed E-state index contributed by atoms with van der Waals surface area (Å²) >= 11 is 4.74. The fourth-order valence-electron chi connectivity index (χ4n) is 2.74. The Labute approximate surface area is 166 Å². The molecule has 0 bridgehead atoms. The summed E-state index contributed by atoms with van der Waals surface area (Å²) in [7, 11) is 1.67. The monoisotopic (exact) mass is 409 g/mol. The van der Waals surface area contributed by atoms with E-state index < -0.39 is 0 Å². The van der Waals surface area contributed by atoms with E-state index in [1.165, 1.54) is 23.7 Å². The van der Waals surface area contributed by atoms with E-state index in [1.54, 1.807) is 30.2 Å². The third kappa shape index (κ3) is 5.37. The fourth-order valence-corrected chi connectivity index (χ4v) is 5.95. The number of aromatic nitrogens is 2. The zero-order valence-electron chi connectivity index (χ0n) is 15.0. The van der Waals surface area contributed by atoms with Gasteiger partial charge in [-0.25, -0.2) is 0 Å². The largest absolute Gasteiger partial charge is 0.497 e.